The van der Waals surface area contributed by atoms with E-state index < -0.39 is 0 Å². The van der Waals surface area contributed by atoms with Gasteiger partial charge in [-0.25, -0.2) is 0 Å². The molecule has 1 aromatic heterocycles. The highest BCUT2D eigenvalue weighted by Gasteiger charge is 2.20. The monoisotopic (exact) mass is 177 g/mol. The normalized spacial score (nSPS) is 20.5. The van der Waals surface area contributed by atoms with Crippen LogP contribution in [0.2, 0.25) is 0 Å². The summed E-state index contributed by atoms with van der Waals surface area (Å²) in [5.41, 5.74) is 2.00. The molecule has 0 saturated carbocycles. The Hall–Kier alpha value is -1.25. The number of rotatable bonds is 1. The van der Waals surface area contributed by atoms with Crippen LogP contribution in [0.5, 0.6) is 5.75 Å². The van der Waals surface area contributed by atoms with Crippen molar-refractivity contribution in [3.63, 3.8) is 0 Å². The summed E-state index contributed by atoms with van der Waals surface area (Å²) in [6.07, 6.45) is 3.63. The van der Waals surface area contributed by atoms with Crippen molar-refractivity contribution in [2.45, 2.75) is 25.7 Å². The zero-order valence-corrected chi connectivity index (χ0v) is 7.71. The lowest BCUT2D eigenvalue weighted by atomic mass is 9.93. The van der Waals surface area contributed by atoms with Gasteiger partial charge in [-0.2, -0.15) is 0 Å². The number of fused-ring (bicyclic) bond motifs is 1. The largest absolute Gasteiger partial charge is 0.383 e. The molecule has 0 aromatic carbocycles. The number of aromatic nitrogens is 1. The molecule has 0 fully saturated rings. The van der Waals surface area contributed by atoms with E-state index in [2.05, 4.69) is 17.2 Å². The fourth-order valence-electron chi connectivity index (χ4n) is 1.84. The minimum absolute atomic E-state index is 0.0111. The maximum atomic E-state index is 11.0. The minimum atomic E-state index is -0.0111. The molecule has 1 aliphatic rings. The number of hydrogen-bond acceptors (Lipinski definition) is 2. The van der Waals surface area contributed by atoms with Gasteiger partial charge >= 0.3 is 0 Å². The van der Waals surface area contributed by atoms with Crippen molar-refractivity contribution < 1.29 is 5.11 Å². The molecule has 1 aromatic rings. The van der Waals surface area contributed by atoms with Crippen molar-refractivity contribution in [2.75, 3.05) is 11.9 Å². The van der Waals surface area contributed by atoms with E-state index in [1.165, 1.54) is 6.20 Å². The van der Waals surface area contributed by atoms with Crippen molar-refractivity contribution in [2.24, 2.45) is 0 Å². The zero-order valence-electron chi connectivity index (χ0n) is 7.71. The average Bonchev–Trinajstić information content (AvgIpc) is 2.16. The van der Waals surface area contributed by atoms with Crippen LogP contribution in [0, 0.1) is 0 Å². The van der Waals surface area contributed by atoms with Gasteiger partial charge in [0.1, 0.15) is 0 Å². The summed E-state index contributed by atoms with van der Waals surface area (Å²) in [5, 5.41) is 14.2. The average molecular weight is 177 g/mol. The second-order valence-corrected chi connectivity index (χ2v) is 3.42. The molecule has 1 atom stereocenters. The maximum absolute atomic E-state index is 11.0. The third kappa shape index (κ3) is 1.46. The first-order valence-corrected chi connectivity index (χ1v) is 4.72. The standard InChI is InChI=1S/C10H13N2O/c1-2-7-3-4-11-9-5-8(13)6-12-10(7)9/h5-7,11H,2-4H2,1H3. The van der Waals surface area contributed by atoms with Crippen molar-refractivity contribution in [3.05, 3.63) is 18.0 Å². The Labute approximate surface area is 77.8 Å². The summed E-state index contributed by atoms with van der Waals surface area (Å²) < 4.78 is 0. The molecule has 3 nitrogen and oxygen atoms in total. The topological polar surface area (TPSA) is 44.8 Å². The number of nitrogens with one attached hydrogen (secondary N) is 1. The summed E-state index contributed by atoms with van der Waals surface area (Å²) in [6, 6.07) is 1.64. The van der Waals surface area contributed by atoms with Crippen LogP contribution in [0.3, 0.4) is 0 Å². The fraction of sp³-hybridized carbons (Fsp3) is 0.500. The van der Waals surface area contributed by atoms with Crippen LogP contribution < -0.4 is 5.32 Å². The van der Waals surface area contributed by atoms with Crippen molar-refractivity contribution >= 4 is 5.69 Å². The third-order valence-corrected chi connectivity index (χ3v) is 2.58. The van der Waals surface area contributed by atoms with Crippen LogP contribution >= 0.6 is 0 Å². The summed E-state index contributed by atoms with van der Waals surface area (Å²) >= 11 is 0. The predicted molar refractivity (Wildman–Crippen MR) is 50.5 cm³/mol. The molecule has 69 valence electrons. The van der Waals surface area contributed by atoms with Crippen LogP contribution in [-0.2, 0) is 5.11 Å². The van der Waals surface area contributed by atoms with Gasteiger partial charge < -0.3 is 5.32 Å². The molecule has 0 amide bonds. The zero-order chi connectivity index (χ0) is 9.26. The van der Waals surface area contributed by atoms with Gasteiger partial charge in [0.25, 0.3) is 0 Å². The lowest BCUT2D eigenvalue weighted by Crippen LogP contribution is -2.17. The molecule has 3 heteroatoms. The summed E-state index contributed by atoms with van der Waals surface area (Å²) in [6.45, 7) is 3.11. The van der Waals surface area contributed by atoms with E-state index in [1.807, 2.05) is 0 Å². The molecule has 2 heterocycles. The quantitative estimate of drug-likeness (QED) is 0.716. The Morgan fingerprint density at radius 2 is 2.54 bits per heavy atom. The molecule has 1 unspecified atom stereocenters. The summed E-state index contributed by atoms with van der Waals surface area (Å²) in [5.74, 6) is 0.514. The molecule has 1 radical (unpaired) electrons. The highest BCUT2D eigenvalue weighted by atomic mass is 16.3. The Morgan fingerprint density at radius 1 is 1.69 bits per heavy atom. The number of hydrogen-bond donors (Lipinski definition) is 1. The highest BCUT2D eigenvalue weighted by molar-refractivity contribution is 5.54. The smallest absolute Gasteiger partial charge is 0.198 e. The Morgan fingerprint density at radius 3 is 3.31 bits per heavy atom. The molecule has 0 aliphatic carbocycles. The summed E-state index contributed by atoms with van der Waals surface area (Å²) in [7, 11) is 0. The van der Waals surface area contributed by atoms with E-state index in [4.69, 9.17) is 0 Å². The maximum Gasteiger partial charge on any atom is 0.198 e. The second kappa shape index (κ2) is 3.24. The Bertz CT molecular complexity index is 312. The van der Waals surface area contributed by atoms with E-state index in [9.17, 15) is 5.11 Å². The van der Waals surface area contributed by atoms with Crippen LogP contribution in [0.25, 0.3) is 0 Å². The van der Waals surface area contributed by atoms with Gasteiger partial charge in [-0.05, 0) is 12.8 Å². The number of pyridine rings is 1. The van der Waals surface area contributed by atoms with E-state index in [-0.39, 0.29) is 5.75 Å². The van der Waals surface area contributed by atoms with Gasteiger partial charge in [0.15, 0.2) is 5.75 Å². The lowest BCUT2D eigenvalue weighted by molar-refractivity contribution is 0.352. The Kier molecular flexibility index (Phi) is 2.08. The molecule has 13 heavy (non-hydrogen) atoms. The molecule has 0 spiro atoms. The SMILES string of the molecule is CCC1CCNc2cc([O])cnc21. The van der Waals surface area contributed by atoms with E-state index in [1.54, 1.807) is 6.07 Å². The molecular formula is C10H13N2O. The first-order valence-electron chi connectivity index (χ1n) is 4.72. The van der Waals surface area contributed by atoms with Crippen molar-refractivity contribution in [3.8, 4) is 5.75 Å². The first-order chi connectivity index (χ1) is 6.31. The lowest BCUT2D eigenvalue weighted by Gasteiger charge is -2.24. The van der Waals surface area contributed by atoms with Crippen molar-refractivity contribution in [1.82, 2.24) is 4.98 Å². The molecule has 2 rings (SSSR count). The van der Waals surface area contributed by atoms with Gasteiger partial charge in [0.05, 0.1) is 17.6 Å². The van der Waals surface area contributed by atoms with Crippen LogP contribution in [0.1, 0.15) is 31.4 Å². The highest BCUT2D eigenvalue weighted by Crippen LogP contribution is 2.33. The molecule has 1 aliphatic heterocycles. The molecular weight excluding hydrogens is 164 g/mol. The van der Waals surface area contributed by atoms with Crippen LogP contribution in [0.15, 0.2) is 12.3 Å². The van der Waals surface area contributed by atoms with E-state index >= 15 is 0 Å². The van der Waals surface area contributed by atoms with Crippen molar-refractivity contribution in [1.29, 1.82) is 0 Å². The van der Waals surface area contributed by atoms with Crippen LogP contribution in [0.4, 0.5) is 5.69 Å². The van der Waals surface area contributed by atoms with Gasteiger partial charge in [0, 0.05) is 18.5 Å². The predicted octanol–water partition coefficient (Wildman–Crippen LogP) is 2.53. The molecule has 0 bridgehead atoms. The minimum Gasteiger partial charge on any atom is -0.383 e. The number of anilines is 1. The van der Waals surface area contributed by atoms with Crippen LogP contribution in [-0.4, -0.2) is 11.5 Å². The van der Waals surface area contributed by atoms with E-state index in [0.29, 0.717) is 5.92 Å². The van der Waals surface area contributed by atoms with E-state index in [0.717, 1.165) is 30.8 Å². The van der Waals surface area contributed by atoms with Gasteiger partial charge in [0.2, 0.25) is 0 Å². The first kappa shape index (κ1) is 8.35. The summed E-state index contributed by atoms with van der Waals surface area (Å²) in [4.78, 5) is 4.20. The van der Waals surface area contributed by atoms with Gasteiger partial charge in [-0.15, -0.1) is 0 Å². The van der Waals surface area contributed by atoms with Gasteiger partial charge in [-0.1, -0.05) is 6.92 Å². The molecule has 0 saturated heterocycles. The third-order valence-electron chi connectivity index (χ3n) is 2.58. The fourth-order valence-corrected chi connectivity index (χ4v) is 1.84. The number of nitrogens with zero attached hydrogens (tertiary/aromatic N) is 1. The second-order valence-electron chi connectivity index (χ2n) is 3.42. The Balaban J connectivity index is 2.40. The molecule has 1 N–H and O–H groups in total. The van der Waals surface area contributed by atoms with Gasteiger partial charge in [-0.3, -0.25) is 10.1 Å².